The molecular weight excluding hydrogens is 230 g/mol. The minimum atomic E-state index is 0.716. The van der Waals surface area contributed by atoms with E-state index >= 15 is 0 Å². The highest BCUT2D eigenvalue weighted by molar-refractivity contribution is 5.19. The lowest BCUT2D eigenvalue weighted by Gasteiger charge is -2.15. The second-order valence-corrected chi connectivity index (χ2v) is 5.47. The number of hydrogen-bond acceptors (Lipinski definition) is 1. The molecule has 0 heterocycles. The van der Waals surface area contributed by atoms with E-state index in [1.807, 2.05) is 0 Å². The highest BCUT2D eigenvalue weighted by Gasteiger charge is 2.07. The lowest BCUT2D eigenvalue weighted by Crippen LogP contribution is -2.18. The van der Waals surface area contributed by atoms with Crippen LogP contribution < -0.4 is 5.32 Å². The first-order valence-corrected chi connectivity index (χ1v) is 8.14. The zero-order valence-electron chi connectivity index (χ0n) is 12.8. The minimum Gasteiger partial charge on any atom is -0.317 e. The molecule has 0 aliphatic heterocycles. The highest BCUT2D eigenvalue weighted by atomic mass is 14.8. The van der Waals surface area contributed by atoms with Crippen molar-refractivity contribution in [2.24, 2.45) is 0 Å². The quantitative estimate of drug-likeness (QED) is 0.544. The minimum absolute atomic E-state index is 0.716. The Morgan fingerprint density at radius 1 is 0.895 bits per heavy atom. The van der Waals surface area contributed by atoms with Crippen molar-refractivity contribution in [3.05, 3.63) is 35.9 Å². The third kappa shape index (κ3) is 7.37. The molecule has 1 unspecified atom stereocenters. The molecule has 1 nitrogen and oxygen atoms in total. The molecule has 1 aromatic rings. The van der Waals surface area contributed by atoms with Crippen molar-refractivity contribution in [1.82, 2.24) is 5.32 Å². The van der Waals surface area contributed by atoms with Crippen molar-refractivity contribution in [2.45, 2.75) is 64.7 Å². The molecule has 1 aromatic carbocycles. The molecule has 1 heteroatoms. The van der Waals surface area contributed by atoms with E-state index in [0.29, 0.717) is 5.92 Å². The van der Waals surface area contributed by atoms with E-state index in [4.69, 9.17) is 0 Å². The van der Waals surface area contributed by atoms with E-state index < -0.39 is 0 Å². The molecule has 0 saturated heterocycles. The summed E-state index contributed by atoms with van der Waals surface area (Å²) in [5.74, 6) is 0.716. The first kappa shape index (κ1) is 16.2. The van der Waals surface area contributed by atoms with Gasteiger partial charge in [-0.1, -0.05) is 69.9 Å². The molecule has 19 heavy (non-hydrogen) atoms. The van der Waals surface area contributed by atoms with Gasteiger partial charge in [-0.2, -0.15) is 0 Å². The van der Waals surface area contributed by atoms with Crippen molar-refractivity contribution < 1.29 is 0 Å². The summed E-state index contributed by atoms with van der Waals surface area (Å²) in [4.78, 5) is 0. The van der Waals surface area contributed by atoms with Crippen molar-refractivity contribution >= 4 is 0 Å². The first-order chi connectivity index (χ1) is 9.38. The Morgan fingerprint density at radius 3 is 2.32 bits per heavy atom. The Hall–Kier alpha value is -0.820. The van der Waals surface area contributed by atoms with Gasteiger partial charge in [0.25, 0.3) is 0 Å². The molecule has 0 aromatic heterocycles. The summed E-state index contributed by atoms with van der Waals surface area (Å²) >= 11 is 0. The fourth-order valence-electron chi connectivity index (χ4n) is 2.59. The van der Waals surface area contributed by atoms with E-state index in [2.05, 4.69) is 49.5 Å². The monoisotopic (exact) mass is 261 g/mol. The topological polar surface area (TPSA) is 12.0 Å². The largest absolute Gasteiger partial charge is 0.317 e. The van der Waals surface area contributed by atoms with Crippen LogP contribution in [0, 0.1) is 0 Å². The third-order valence-corrected chi connectivity index (χ3v) is 3.89. The van der Waals surface area contributed by atoms with Crippen LogP contribution >= 0.6 is 0 Å². The molecule has 0 bridgehead atoms. The fourth-order valence-corrected chi connectivity index (χ4v) is 2.59. The van der Waals surface area contributed by atoms with Gasteiger partial charge in [0.15, 0.2) is 0 Å². The van der Waals surface area contributed by atoms with Crippen LogP contribution in [-0.4, -0.2) is 13.1 Å². The van der Waals surface area contributed by atoms with Gasteiger partial charge in [-0.25, -0.2) is 0 Å². The maximum atomic E-state index is 3.60. The molecule has 0 fully saturated rings. The summed E-state index contributed by atoms with van der Waals surface area (Å²) in [6.07, 6.45) is 9.35. The first-order valence-electron chi connectivity index (χ1n) is 8.14. The van der Waals surface area contributed by atoms with Crippen LogP contribution in [0.5, 0.6) is 0 Å². The van der Waals surface area contributed by atoms with E-state index in [0.717, 1.165) is 6.54 Å². The van der Waals surface area contributed by atoms with Gasteiger partial charge >= 0.3 is 0 Å². The van der Waals surface area contributed by atoms with Crippen molar-refractivity contribution in [3.63, 3.8) is 0 Å². The lowest BCUT2D eigenvalue weighted by molar-refractivity contribution is 0.533. The molecule has 1 atom stereocenters. The predicted molar refractivity (Wildman–Crippen MR) is 85.7 cm³/mol. The van der Waals surface area contributed by atoms with Crippen LogP contribution in [0.15, 0.2) is 30.3 Å². The van der Waals surface area contributed by atoms with E-state index in [9.17, 15) is 0 Å². The van der Waals surface area contributed by atoms with Crippen LogP contribution in [0.1, 0.15) is 70.3 Å². The second kappa shape index (κ2) is 11.0. The van der Waals surface area contributed by atoms with Crippen molar-refractivity contribution in [1.29, 1.82) is 0 Å². The predicted octanol–water partition coefficient (Wildman–Crippen LogP) is 5.13. The van der Waals surface area contributed by atoms with Gasteiger partial charge in [-0.15, -0.1) is 0 Å². The van der Waals surface area contributed by atoms with E-state index in [1.54, 1.807) is 0 Å². The Balaban J connectivity index is 2.07. The van der Waals surface area contributed by atoms with E-state index in [-0.39, 0.29) is 0 Å². The highest BCUT2D eigenvalue weighted by Crippen LogP contribution is 2.22. The van der Waals surface area contributed by atoms with Gasteiger partial charge < -0.3 is 5.32 Å². The fraction of sp³-hybridized carbons (Fsp3) is 0.667. The normalized spacial score (nSPS) is 12.5. The third-order valence-electron chi connectivity index (χ3n) is 3.89. The van der Waals surface area contributed by atoms with Gasteiger partial charge in [0.05, 0.1) is 0 Å². The summed E-state index contributed by atoms with van der Waals surface area (Å²) in [5.41, 5.74) is 1.50. The van der Waals surface area contributed by atoms with Gasteiger partial charge in [0.2, 0.25) is 0 Å². The zero-order valence-corrected chi connectivity index (χ0v) is 12.8. The average Bonchev–Trinajstić information content (AvgIpc) is 2.47. The molecular formula is C18H31N. The van der Waals surface area contributed by atoms with Gasteiger partial charge in [-0.05, 0) is 43.8 Å². The summed E-state index contributed by atoms with van der Waals surface area (Å²) < 4.78 is 0. The zero-order chi connectivity index (χ0) is 13.8. The second-order valence-electron chi connectivity index (χ2n) is 5.47. The molecule has 0 aliphatic rings. The van der Waals surface area contributed by atoms with E-state index in [1.165, 1.54) is 57.1 Å². The number of benzene rings is 1. The molecule has 0 spiro atoms. The summed E-state index contributed by atoms with van der Waals surface area (Å²) in [6, 6.07) is 10.9. The van der Waals surface area contributed by atoms with Gasteiger partial charge in [0.1, 0.15) is 0 Å². The van der Waals surface area contributed by atoms with Crippen molar-refractivity contribution in [2.75, 3.05) is 13.1 Å². The Kier molecular flexibility index (Phi) is 9.44. The standard InChI is InChI=1S/C18H31N/c1-3-5-6-7-11-15-19-16-14-17(4-2)18-12-9-8-10-13-18/h8-10,12-13,17,19H,3-7,11,14-16H2,1-2H3. The number of nitrogens with one attached hydrogen (secondary N) is 1. The maximum absolute atomic E-state index is 3.60. The summed E-state index contributed by atoms with van der Waals surface area (Å²) in [5, 5.41) is 3.60. The smallest absolute Gasteiger partial charge is 0.00431 e. The Bertz CT molecular complexity index is 294. The van der Waals surface area contributed by atoms with Crippen LogP contribution in [0.2, 0.25) is 0 Å². The molecule has 1 N–H and O–H groups in total. The van der Waals surface area contributed by atoms with Gasteiger partial charge in [-0.3, -0.25) is 0 Å². The van der Waals surface area contributed by atoms with Crippen LogP contribution in [0.25, 0.3) is 0 Å². The molecule has 0 radical (unpaired) electrons. The van der Waals surface area contributed by atoms with Crippen molar-refractivity contribution in [3.8, 4) is 0 Å². The number of unbranched alkanes of at least 4 members (excludes halogenated alkanes) is 4. The molecule has 0 saturated carbocycles. The lowest BCUT2D eigenvalue weighted by atomic mass is 9.93. The SMILES string of the molecule is CCCCCCCNCCC(CC)c1ccccc1. The molecule has 0 amide bonds. The maximum Gasteiger partial charge on any atom is -0.00431 e. The van der Waals surface area contributed by atoms with Crippen LogP contribution in [0.3, 0.4) is 0 Å². The summed E-state index contributed by atoms with van der Waals surface area (Å²) in [7, 11) is 0. The molecule has 1 rings (SSSR count). The Labute approximate surface area is 119 Å². The Morgan fingerprint density at radius 2 is 1.63 bits per heavy atom. The van der Waals surface area contributed by atoms with Gasteiger partial charge in [0, 0.05) is 0 Å². The van der Waals surface area contributed by atoms with Crippen LogP contribution in [0.4, 0.5) is 0 Å². The number of hydrogen-bond donors (Lipinski definition) is 1. The number of rotatable bonds is 11. The average molecular weight is 261 g/mol. The molecule has 0 aliphatic carbocycles. The summed E-state index contributed by atoms with van der Waals surface area (Å²) in [6.45, 7) is 6.91. The van der Waals surface area contributed by atoms with Crippen LogP contribution in [-0.2, 0) is 0 Å². The molecule has 108 valence electrons.